The maximum absolute atomic E-state index is 4.14. The molecule has 0 aromatic rings. The maximum atomic E-state index is 4.14. The summed E-state index contributed by atoms with van der Waals surface area (Å²) in [6.45, 7) is 1.95. The van der Waals surface area contributed by atoms with Gasteiger partial charge in [-0.3, -0.25) is 0 Å². The van der Waals surface area contributed by atoms with Gasteiger partial charge >= 0.3 is 0 Å². The smallest absolute Gasteiger partial charge is 0.179 e. The van der Waals surface area contributed by atoms with Crippen LogP contribution in [0.5, 0.6) is 0 Å². The first-order chi connectivity index (χ1) is 2.94. The van der Waals surface area contributed by atoms with Gasteiger partial charge < -0.3 is 0 Å². The lowest BCUT2D eigenvalue weighted by Gasteiger charge is -2.14. The number of hydrogen-bond donors (Lipinski definition) is 4. The van der Waals surface area contributed by atoms with Gasteiger partial charge in [0.25, 0.3) is 0 Å². The van der Waals surface area contributed by atoms with Crippen molar-refractivity contribution in [3.8, 4) is 0 Å². The molecule has 0 amide bonds. The molecular formula is C2H8S4Si. The van der Waals surface area contributed by atoms with Crippen LogP contribution in [0.3, 0.4) is 0 Å². The fourth-order valence-corrected chi connectivity index (χ4v) is 0. The van der Waals surface area contributed by atoms with E-state index in [-0.39, 0.29) is 4.87 Å². The number of rotatable bonds is 1. The monoisotopic (exact) mass is 188 g/mol. The molecule has 0 nitrogen and oxygen atoms in total. The van der Waals surface area contributed by atoms with E-state index in [0.29, 0.717) is 0 Å². The Kier molecular flexibility index (Phi) is 3.64. The highest BCUT2D eigenvalue weighted by atomic mass is 32.7. The Balaban J connectivity index is 3.54. The van der Waals surface area contributed by atoms with Crippen molar-refractivity contribution in [3.63, 3.8) is 0 Å². The first-order valence-electron chi connectivity index (χ1n) is 1.80. The summed E-state index contributed by atoms with van der Waals surface area (Å²) < 4.78 is 0. The zero-order chi connectivity index (χ0) is 6.08. The van der Waals surface area contributed by atoms with Gasteiger partial charge in [0.15, 0.2) is 0 Å². The molecule has 0 N–H and O–H groups in total. The van der Waals surface area contributed by atoms with Crippen molar-refractivity contribution in [1.29, 1.82) is 0 Å². The van der Waals surface area contributed by atoms with E-state index in [0.717, 1.165) is 0 Å². The molecule has 0 rings (SSSR count). The molecule has 44 valence electrons. The van der Waals surface area contributed by atoms with E-state index in [1.165, 1.54) is 0 Å². The lowest BCUT2D eigenvalue weighted by Crippen LogP contribution is -2.22. The Morgan fingerprint density at radius 3 is 1.43 bits per heavy atom. The van der Waals surface area contributed by atoms with Crippen LogP contribution in [-0.2, 0) is 0 Å². The Labute approximate surface area is 66.0 Å². The Morgan fingerprint density at radius 2 is 1.43 bits per heavy atom. The lowest BCUT2D eigenvalue weighted by atomic mass is 11.0. The molecule has 0 fully saturated rings. The van der Waals surface area contributed by atoms with E-state index in [4.69, 9.17) is 0 Å². The second-order valence-corrected chi connectivity index (χ2v) is 14.4. The van der Waals surface area contributed by atoms with Gasteiger partial charge in [-0.1, -0.05) is 6.92 Å². The van der Waals surface area contributed by atoms with Gasteiger partial charge in [-0.25, -0.2) is 0 Å². The molecule has 0 spiro atoms. The lowest BCUT2D eigenvalue weighted by molar-refractivity contribution is 1.40. The van der Waals surface area contributed by atoms with E-state index in [1.807, 2.05) is 6.92 Å². The van der Waals surface area contributed by atoms with Crippen LogP contribution in [-0.4, -0.2) is 10.4 Å². The Bertz CT molecular complexity index is 55.2. The van der Waals surface area contributed by atoms with Gasteiger partial charge in [-0.2, -0.15) is 48.9 Å². The number of thiol groups is 4. The van der Waals surface area contributed by atoms with Crippen molar-refractivity contribution >= 4 is 54.4 Å². The predicted octanol–water partition coefficient (Wildman–Crippen LogP) is 1.57. The van der Waals surface area contributed by atoms with Crippen molar-refractivity contribution in [2.45, 2.75) is 11.8 Å². The van der Waals surface area contributed by atoms with Crippen molar-refractivity contribution in [1.82, 2.24) is 0 Å². The fraction of sp³-hybridized carbons (Fsp3) is 1.00. The fourth-order valence-electron chi connectivity index (χ4n) is 0. The summed E-state index contributed by atoms with van der Waals surface area (Å²) in [5, 5.41) is 0. The van der Waals surface area contributed by atoms with Crippen LogP contribution >= 0.6 is 48.9 Å². The molecule has 5 heteroatoms. The highest BCUT2D eigenvalue weighted by molar-refractivity contribution is 8.69. The zero-order valence-corrected chi connectivity index (χ0v) is 8.44. The first kappa shape index (κ1) is 8.62. The van der Waals surface area contributed by atoms with Gasteiger partial charge in [0, 0.05) is 4.87 Å². The molecule has 1 unspecified atom stereocenters. The van der Waals surface area contributed by atoms with Gasteiger partial charge in [-0.05, 0) is 0 Å². The molecule has 0 aliphatic carbocycles. The summed E-state index contributed by atoms with van der Waals surface area (Å²) in [6, 6.07) is 0. The average Bonchev–Trinajstić information content (AvgIpc) is 1.31. The van der Waals surface area contributed by atoms with Crippen molar-refractivity contribution in [3.05, 3.63) is 0 Å². The largest absolute Gasteiger partial charge is 0.241 e. The summed E-state index contributed by atoms with van der Waals surface area (Å²) in [7, 11) is 0. The molecule has 0 bridgehead atoms. The Morgan fingerprint density at radius 1 is 1.29 bits per heavy atom. The average molecular weight is 188 g/mol. The van der Waals surface area contributed by atoms with E-state index in [9.17, 15) is 0 Å². The SMILES string of the molecule is CC(S)[Si](S)(S)S. The van der Waals surface area contributed by atoms with E-state index < -0.39 is 5.52 Å². The summed E-state index contributed by atoms with van der Waals surface area (Å²) >= 11 is 16.5. The molecule has 7 heavy (non-hydrogen) atoms. The van der Waals surface area contributed by atoms with Gasteiger partial charge in [0.1, 0.15) is 0 Å². The number of hydrogen-bond acceptors (Lipinski definition) is 4. The van der Waals surface area contributed by atoms with E-state index in [2.05, 4.69) is 48.9 Å². The minimum atomic E-state index is -1.79. The molecule has 1 atom stereocenters. The summed E-state index contributed by atoms with van der Waals surface area (Å²) in [6.07, 6.45) is 0. The highest BCUT2D eigenvalue weighted by Gasteiger charge is 2.23. The first-order valence-corrected chi connectivity index (χ1v) is 8.26. The minimum Gasteiger partial charge on any atom is -0.179 e. The zero-order valence-electron chi connectivity index (χ0n) is 3.87. The standard InChI is InChI=1S/C2H8S4Si/c1-2(3)7(4,5)6/h2-6H,1H3. The third-order valence-electron chi connectivity index (χ3n) is 0.561. The van der Waals surface area contributed by atoms with Crippen LogP contribution in [0.1, 0.15) is 6.92 Å². The Hall–Kier alpha value is 1.62. The molecular weight excluding hydrogens is 180 g/mol. The normalized spacial score (nSPS) is 16.7. The van der Waals surface area contributed by atoms with Crippen LogP contribution in [0, 0.1) is 0 Å². The van der Waals surface area contributed by atoms with Crippen LogP contribution in [0.15, 0.2) is 0 Å². The maximum Gasteiger partial charge on any atom is 0.241 e. The second kappa shape index (κ2) is 2.96. The van der Waals surface area contributed by atoms with Gasteiger partial charge in [0.05, 0.1) is 0 Å². The third kappa shape index (κ3) is 4.14. The minimum absolute atomic E-state index is 0.225. The molecule has 0 aromatic heterocycles. The summed E-state index contributed by atoms with van der Waals surface area (Å²) in [4.78, 5) is 0.225. The molecule has 0 saturated carbocycles. The van der Waals surface area contributed by atoms with E-state index >= 15 is 0 Å². The quantitative estimate of drug-likeness (QED) is 0.348. The van der Waals surface area contributed by atoms with Crippen LogP contribution in [0.4, 0.5) is 0 Å². The molecule has 0 aliphatic heterocycles. The molecule has 0 radical (unpaired) electrons. The third-order valence-corrected chi connectivity index (χ3v) is 8.16. The second-order valence-electron chi connectivity index (χ2n) is 1.36. The van der Waals surface area contributed by atoms with Crippen molar-refractivity contribution < 1.29 is 0 Å². The molecule has 0 heterocycles. The van der Waals surface area contributed by atoms with Crippen molar-refractivity contribution in [2.24, 2.45) is 0 Å². The highest BCUT2D eigenvalue weighted by Crippen LogP contribution is 2.25. The van der Waals surface area contributed by atoms with E-state index in [1.54, 1.807) is 0 Å². The van der Waals surface area contributed by atoms with Gasteiger partial charge in [-0.15, -0.1) is 0 Å². The molecule has 0 aliphatic rings. The van der Waals surface area contributed by atoms with Gasteiger partial charge in [0.2, 0.25) is 5.52 Å². The predicted molar refractivity (Wildman–Crippen MR) is 51.2 cm³/mol. The molecule has 0 aromatic carbocycles. The summed E-state index contributed by atoms with van der Waals surface area (Å²) in [5.41, 5.74) is -1.79. The van der Waals surface area contributed by atoms with Crippen LogP contribution < -0.4 is 0 Å². The summed E-state index contributed by atoms with van der Waals surface area (Å²) in [5.74, 6) is 0. The van der Waals surface area contributed by atoms with Crippen molar-refractivity contribution in [2.75, 3.05) is 0 Å². The topological polar surface area (TPSA) is 0 Å². The van der Waals surface area contributed by atoms with Crippen LogP contribution in [0.2, 0.25) is 0 Å². The molecule has 0 saturated heterocycles. The van der Waals surface area contributed by atoms with Crippen LogP contribution in [0.25, 0.3) is 0 Å².